The van der Waals surface area contributed by atoms with Gasteiger partial charge in [0.1, 0.15) is 5.75 Å². The normalized spacial score (nSPS) is 18.4. The molecule has 1 N–H and O–H groups in total. The van der Waals surface area contributed by atoms with E-state index < -0.39 is 0 Å². The lowest BCUT2D eigenvalue weighted by Crippen LogP contribution is -2.31. The molecule has 1 aliphatic heterocycles. The van der Waals surface area contributed by atoms with E-state index in [9.17, 15) is 0 Å². The average molecular weight is 244 g/mol. The number of ether oxygens (including phenoxy) is 1. The smallest absolute Gasteiger partial charge is 0.137 e. The van der Waals surface area contributed by atoms with E-state index in [4.69, 9.17) is 4.74 Å². The highest BCUT2D eigenvalue weighted by Crippen LogP contribution is 2.23. The zero-order chi connectivity index (χ0) is 12.4. The summed E-state index contributed by atoms with van der Waals surface area (Å²) in [5, 5.41) is 7.92. The van der Waals surface area contributed by atoms with Gasteiger partial charge in [0.25, 0.3) is 0 Å². The van der Waals surface area contributed by atoms with E-state index in [-0.39, 0.29) is 0 Å². The second-order valence-corrected chi connectivity index (χ2v) is 4.54. The van der Waals surface area contributed by atoms with Crippen LogP contribution in [-0.4, -0.2) is 27.9 Å². The van der Waals surface area contributed by atoms with Crippen LogP contribution in [0.15, 0.2) is 30.7 Å². The van der Waals surface area contributed by atoms with Crippen molar-refractivity contribution < 1.29 is 4.74 Å². The first-order chi connectivity index (χ1) is 8.83. The van der Waals surface area contributed by atoms with E-state index in [1.807, 2.05) is 23.9 Å². The van der Waals surface area contributed by atoms with Gasteiger partial charge >= 0.3 is 0 Å². The molecule has 94 valence electrons. The molecule has 0 aromatic carbocycles. The Labute approximate surface area is 106 Å². The monoisotopic (exact) mass is 244 g/mol. The second-order valence-electron chi connectivity index (χ2n) is 4.54. The number of hydrogen-bond donors (Lipinski definition) is 1. The molecule has 0 spiro atoms. The third-order valence-electron chi connectivity index (χ3n) is 3.12. The van der Waals surface area contributed by atoms with Crippen LogP contribution >= 0.6 is 0 Å². The summed E-state index contributed by atoms with van der Waals surface area (Å²) in [6.07, 6.45) is 5.54. The Kier molecular flexibility index (Phi) is 2.98. The molecular weight excluding hydrogens is 228 g/mol. The summed E-state index contributed by atoms with van der Waals surface area (Å²) < 4.78 is 7.63. The molecule has 18 heavy (non-hydrogen) atoms. The molecule has 1 aliphatic rings. The summed E-state index contributed by atoms with van der Waals surface area (Å²) in [5.41, 5.74) is 2.42. The lowest BCUT2D eigenvalue weighted by Gasteiger charge is -2.22. The predicted octanol–water partition coefficient (Wildman–Crippen LogP) is 1.08. The van der Waals surface area contributed by atoms with Crippen LogP contribution in [0.1, 0.15) is 17.2 Å². The molecule has 5 heteroatoms. The Morgan fingerprint density at radius 1 is 1.56 bits per heavy atom. The van der Waals surface area contributed by atoms with E-state index in [0.29, 0.717) is 12.5 Å². The predicted molar refractivity (Wildman–Crippen MR) is 67.4 cm³/mol. The lowest BCUT2D eigenvalue weighted by molar-refractivity contribution is 0.274. The van der Waals surface area contributed by atoms with Crippen LogP contribution in [0.4, 0.5) is 0 Å². The summed E-state index contributed by atoms with van der Waals surface area (Å²) in [5.74, 6) is 1.11. The molecule has 1 atom stereocenters. The molecule has 0 bridgehead atoms. The summed E-state index contributed by atoms with van der Waals surface area (Å²) in [6, 6.07) is 3.79. The SMILES string of the molecule is Cn1cc2c(n1)C(COc1cccnc1)CNC2. The molecule has 0 radical (unpaired) electrons. The fourth-order valence-corrected chi connectivity index (χ4v) is 2.28. The van der Waals surface area contributed by atoms with Gasteiger partial charge in [0.05, 0.1) is 24.4 Å². The molecule has 5 nitrogen and oxygen atoms in total. The molecule has 2 aromatic heterocycles. The quantitative estimate of drug-likeness (QED) is 0.878. The standard InChI is InChI=1S/C13H16N4O/c1-17-8-10-5-15-6-11(13(10)16-17)9-18-12-3-2-4-14-7-12/h2-4,7-8,11,15H,5-6,9H2,1H3. The van der Waals surface area contributed by atoms with Gasteiger partial charge in [-0.3, -0.25) is 9.67 Å². The van der Waals surface area contributed by atoms with Gasteiger partial charge in [-0.2, -0.15) is 5.10 Å². The summed E-state index contributed by atoms with van der Waals surface area (Å²) in [7, 11) is 1.96. The van der Waals surface area contributed by atoms with Gasteiger partial charge in [0.15, 0.2) is 0 Å². The number of nitrogens with zero attached hydrogens (tertiary/aromatic N) is 3. The molecular formula is C13H16N4O. The van der Waals surface area contributed by atoms with Crippen molar-refractivity contribution in [3.63, 3.8) is 0 Å². The molecule has 3 heterocycles. The lowest BCUT2D eigenvalue weighted by atomic mass is 9.99. The van der Waals surface area contributed by atoms with Crippen LogP contribution < -0.4 is 10.1 Å². The number of nitrogens with one attached hydrogen (secondary N) is 1. The topological polar surface area (TPSA) is 52.0 Å². The van der Waals surface area contributed by atoms with Gasteiger partial charge in [-0.05, 0) is 12.1 Å². The third kappa shape index (κ3) is 2.22. The molecule has 3 rings (SSSR count). The Balaban J connectivity index is 1.71. The zero-order valence-corrected chi connectivity index (χ0v) is 10.3. The fourth-order valence-electron chi connectivity index (χ4n) is 2.28. The molecule has 1 unspecified atom stereocenters. The minimum atomic E-state index is 0.301. The fraction of sp³-hybridized carbons (Fsp3) is 0.385. The van der Waals surface area contributed by atoms with Gasteiger partial charge in [0.2, 0.25) is 0 Å². The average Bonchev–Trinajstić information content (AvgIpc) is 2.78. The van der Waals surface area contributed by atoms with E-state index >= 15 is 0 Å². The van der Waals surface area contributed by atoms with Crippen LogP contribution in [-0.2, 0) is 13.6 Å². The maximum absolute atomic E-state index is 5.76. The van der Waals surface area contributed by atoms with Crippen molar-refractivity contribution in [1.29, 1.82) is 0 Å². The summed E-state index contributed by atoms with van der Waals surface area (Å²) >= 11 is 0. The Morgan fingerprint density at radius 3 is 3.33 bits per heavy atom. The van der Waals surface area contributed by atoms with Crippen molar-refractivity contribution in [3.05, 3.63) is 42.0 Å². The van der Waals surface area contributed by atoms with Gasteiger partial charge in [0, 0.05) is 38.1 Å². The van der Waals surface area contributed by atoms with E-state index in [2.05, 4.69) is 21.6 Å². The largest absolute Gasteiger partial charge is 0.491 e. The maximum Gasteiger partial charge on any atom is 0.137 e. The number of fused-ring (bicyclic) bond motifs is 1. The van der Waals surface area contributed by atoms with E-state index in [1.54, 1.807) is 12.4 Å². The first-order valence-electron chi connectivity index (χ1n) is 6.09. The minimum Gasteiger partial charge on any atom is -0.491 e. The highest BCUT2D eigenvalue weighted by Gasteiger charge is 2.23. The van der Waals surface area contributed by atoms with Crippen LogP contribution in [0.25, 0.3) is 0 Å². The van der Waals surface area contributed by atoms with Gasteiger partial charge in [-0.25, -0.2) is 0 Å². The van der Waals surface area contributed by atoms with Gasteiger partial charge in [-0.1, -0.05) is 0 Å². The molecule has 2 aromatic rings. The van der Waals surface area contributed by atoms with Crippen molar-refractivity contribution in [3.8, 4) is 5.75 Å². The molecule has 0 saturated heterocycles. The van der Waals surface area contributed by atoms with Crippen LogP contribution in [0.2, 0.25) is 0 Å². The number of hydrogen-bond acceptors (Lipinski definition) is 4. The number of rotatable bonds is 3. The Bertz CT molecular complexity index is 523. The molecule has 0 fully saturated rings. The molecule has 0 aliphatic carbocycles. The van der Waals surface area contributed by atoms with Gasteiger partial charge < -0.3 is 10.1 Å². The Morgan fingerprint density at radius 2 is 2.50 bits per heavy atom. The highest BCUT2D eigenvalue weighted by molar-refractivity contribution is 5.25. The van der Waals surface area contributed by atoms with Crippen molar-refractivity contribution in [1.82, 2.24) is 20.1 Å². The summed E-state index contributed by atoms with van der Waals surface area (Å²) in [6.45, 7) is 2.43. The Hall–Kier alpha value is -1.88. The van der Waals surface area contributed by atoms with Gasteiger partial charge in [-0.15, -0.1) is 0 Å². The van der Waals surface area contributed by atoms with E-state index in [1.165, 1.54) is 5.56 Å². The number of pyridine rings is 1. The van der Waals surface area contributed by atoms with Crippen molar-refractivity contribution >= 4 is 0 Å². The second kappa shape index (κ2) is 4.78. The molecule has 0 amide bonds. The van der Waals surface area contributed by atoms with Crippen LogP contribution in [0.5, 0.6) is 5.75 Å². The zero-order valence-electron chi connectivity index (χ0n) is 10.3. The number of aryl methyl sites for hydroxylation is 1. The van der Waals surface area contributed by atoms with Crippen LogP contribution in [0.3, 0.4) is 0 Å². The highest BCUT2D eigenvalue weighted by atomic mass is 16.5. The van der Waals surface area contributed by atoms with Crippen molar-refractivity contribution in [2.75, 3.05) is 13.2 Å². The third-order valence-corrected chi connectivity index (χ3v) is 3.12. The van der Waals surface area contributed by atoms with E-state index in [0.717, 1.165) is 24.5 Å². The first kappa shape index (κ1) is 11.2. The summed E-state index contributed by atoms with van der Waals surface area (Å²) in [4.78, 5) is 4.04. The maximum atomic E-state index is 5.76. The molecule has 0 saturated carbocycles. The van der Waals surface area contributed by atoms with Crippen molar-refractivity contribution in [2.45, 2.75) is 12.5 Å². The minimum absolute atomic E-state index is 0.301. The first-order valence-corrected chi connectivity index (χ1v) is 6.09. The number of aromatic nitrogens is 3. The van der Waals surface area contributed by atoms with Crippen LogP contribution in [0, 0.1) is 0 Å². The van der Waals surface area contributed by atoms with Crippen molar-refractivity contribution in [2.24, 2.45) is 7.05 Å².